The molecule has 0 N–H and O–H groups in total. The third-order valence-corrected chi connectivity index (χ3v) is 8.16. The SMILES string of the molecule is CO[C@H]1C[C@@H](C(=O)N2CCN(Cc3ccccc3)C[C@@H]2c2cc3cnn(-c4ccc(F)cc4)c3cc2C)C1. The van der Waals surface area contributed by atoms with Crippen molar-refractivity contribution < 1.29 is 13.9 Å². The molecule has 0 spiro atoms. The van der Waals surface area contributed by atoms with Gasteiger partial charge in [-0.05, 0) is 72.9 Å². The number of aryl methyl sites for hydroxylation is 1. The fraction of sp³-hybridized carbons (Fsp3) is 0.355. The van der Waals surface area contributed by atoms with Crippen LogP contribution in [0.1, 0.15) is 35.6 Å². The molecule has 1 aliphatic carbocycles. The molecule has 6 nitrogen and oxygen atoms in total. The molecule has 1 saturated heterocycles. The zero-order chi connectivity index (χ0) is 26.2. The number of hydrogen-bond acceptors (Lipinski definition) is 4. The number of aromatic nitrogens is 2. The van der Waals surface area contributed by atoms with Crippen molar-refractivity contribution in [3.8, 4) is 5.69 Å². The highest BCUT2D eigenvalue weighted by atomic mass is 19.1. The average molecular weight is 513 g/mol. The lowest BCUT2D eigenvalue weighted by Gasteiger charge is -2.45. The summed E-state index contributed by atoms with van der Waals surface area (Å²) in [5.41, 5.74) is 5.34. The molecule has 7 heteroatoms. The van der Waals surface area contributed by atoms with Crippen molar-refractivity contribution in [2.24, 2.45) is 5.92 Å². The van der Waals surface area contributed by atoms with Gasteiger partial charge in [0.15, 0.2) is 0 Å². The van der Waals surface area contributed by atoms with Crippen LogP contribution in [0, 0.1) is 18.7 Å². The lowest BCUT2D eigenvalue weighted by molar-refractivity contribution is -0.148. The number of ether oxygens (including phenoxy) is 1. The van der Waals surface area contributed by atoms with Gasteiger partial charge in [0.05, 0.1) is 29.5 Å². The predicted molar refractivity (Wildman–Crippen MR) is 145 cm³/mol. The maximum atomic E-state index is 13.7. The molecule has 0 unspecified atom stereocenters. The zero-order valence-electron chi connectivity index (χ0n) is 21.9. The number of fused-ring (bicyclic) bond motifs is 1. The van der Waals surface area contributed by atoms with Gasteiger partial charge in [0, 0.05) is 44.6 Å². The van der Waals surface area contributed by atoms with Gasteiger partial charge in [0.1, 0.15) is 5.82 Å². The zero-order valence-corrected chi connectivity index (χ0v) is 21.9. The molecule has 196 valence electrons. The minimum absolute atomic E-state index is 0.0355. The molecule has 1 atom stereocenters. The molecule has 1 aromatic heterocycles. The molecule has 38 heavy (non-hydrogen) atoms. The summed E-state index contributed by atoms with van der Waals surface area (Å²) in [4.78, 5) is 18.2. The van der Waals surface area contributed by atoms with E-state index < -0.39 is 0 Å². The number of piperazine rings is 1. The van der Waals surface area contributed by atoms with Crippen LogP contribution < -0.4 is 0 Å². The molecule has 2 aliphatic rings. The normalized spacial score (nSPS) is 22.0. The van der Waals surface area contributed by atoms with Gasteiger partial charge >= 0.3 is 0 Å². The van der Waals surface area contributed by atoms with Crippen molar-refractivity contribution in [3.63, 3.8) is 0 Å². The van der Waals surface area contributed by atoms with Crippen molar-refractivity contribution in [1.29, 1.82) is 0 Å². The highest BCUT2D eigenvalue weighted by Crippen LogP contribution is 2.37. The molecular weight excluding hydrogens is 479 g/mol. The Bertz CT molecular complexity index is 1430. The Kier molecular flexibility index (Phi) is 6.72. The second kappa shape index (κ2) is 10.3. The summed E-state index contributed by atoms with van der Waals surface area (Å²) in [5, 5.41) is 5.61. The molecular formula is C31H33FN4O2. The summed E-state index contributed by atoms with van der Waals surface area (Å²) in [7, 11) is 1.72. The van der Waals surface area contributed by atoms with Crippen molar-refractivity contribution in [1.82, 2.24) is 19.6 Å². The van der Waals surface area contributed by atoms with Crippen LogP contribution in [0.3, 0.4) is 0 Å². The summed E-state index contributed by atoms with van der Waals surface area (Å²) in [6.07, 6.45) is 3.65. The van der Waals surface area contributed by atoms with Crippen LogP contribution in [0.4, 0.5) is 4.39 Å². The number of nitrogens with zero attached hydrogens (tertiary/aromatic N) is 4. The number of halogens is 1. The molecule has 6 rings (SSSR count). The fourth-order valence-electron chi connectivity index (χ4n) is 5.89. The number of benzene rings is 3. The molecule has 4 aromatic rings. The summed E-state index contributed by atoms with van der Waals surface area (Å²) in [6.45, 7) is 5.30. The second-order valence-corrected chi connectivity index (χ2v) is 10.6. The number of hydrogen-bond donors (Lipinski definition) is 0. The van der Waals surface area contributed by atoms with Gasteiger partial charge in [0.25, 0.3) is 0 Å². The van der Waals surface area contributed by atoms with E-state index in [0.29, 0.717) is 6.54 Å². The Morgan fingerprint density at radius 3 is 2.55 bits per heavy atom. The predicted octanol–water partition coefficient (Wildman–Crippen LogP) is 5.28. The minimum Gasteiger partial charge on any atom is -0.381 e. The van der Waals surface area contributed by atoms with E-state index in [4.69, 9.17) is 4.74 Å². The van der Waals surface area contributed by atoms with Crippen LogP contribution in [-0.4, -0.2) is 58.3 Å². The third kappa shape index (κ3) is 4.72. The van der Waals surface area contributed by atoms with E-state index in [-0.39, 0.29) is 29.8 Å². The summed E-state index contributed by atoms with van der Waals surface area (Å²) >= 11 is 0. The molecule has 1 aliphatic heterocycles. The number of carbonyl (C=O) groups excluding carboxylic acids is 1. The first kappa shape index (κ1) is 24.8. The highest BCUT2D eigenvalue weighted by molar-refractivity contribution is 5.84. The standard InChI is InChI=1S/C31H33FN4O2/c1-21-14-29-24(18-33-36(29)26-10-8-25(32)9-11-26)17-28(21)30-20-34(19-22-6-4-3-5-7-22)12-13-35(30)31(37)23-15-27(16-23)38-2/h3-11,14,17-18,23,27,30H,12-13,15-16,19-20H2,1-2H3/t23-,27+,30-/m1/s1. The van der Waals surface area contributed by atoms with Gasteiger partial charge in [0.2, 0.25) is 5.91 Å². The van der Waals surface area contributed by atoms with E-state index in [0.717, 1.165) is 60.2 Å². The number of amides is 1. The van der Waals surface area contributed by atoms with Gasteiger partial charge < -0.3 is 9.64 Å². The third-order valence-electron chi connectivity index (χ3n) is 8.16. The molecule has 2 heterocycles. The van der Waals surface area contributed by atoms with Crippen LogP contribution in [-0.2, 0) is 16.1 Å². The van der Waals surface area contributed by atoms with E-state index in [1.165, 1.54) is 17.7 Å². The Morgan fingerprint density at radius 2 is 1.82 bits per heavy atom. The smallest absolute Gasteiger partial charge is 0.226 e. The minimum atomic E-state index is -0.269. The summed E-state index contributed by atoms with van der Waals surface area (Å²) < 4.78 is 20.8. The van der Waals surface area contributed by atoms with Crippen LogP contribution in [0.15, 0.2) is 72.9 Å². The first-order chi connectivity index (χ1) is 18.5. The van der Waals surface area contributed by atoms with Gasteiger partial charge in [-0.15, -0.1) is 0 Å². The average Bonchev–Trinajstić information content (AvgIpc) is 3.31. The molecule has 0 radical (unpaired) electrons. The quantitative estimate of drug-likeness (QED) is 0.353. The van der Waals surface area contributed by atoms with Crippen LogP contribution in [0.5, 0.6) is 0 Å². The molecule has 1 saturated carbocycles. The summed E-state index contributed by atoms with van der Waals surface area (Å²) in [5.74, 6) is 0.00614. The van der Waals surface area contributed by atoms with Crippen LogP contribution in [0.25, 0.3) is 16.6 Å². The maximum Gasteiger partial charge on any atom is 0.226 e. The highest BCUT2D eigenvalue weighted by Gasteiger charge is 2.41. The number of rotatable bonds is 6. The van der Waals surface area contributed by atoms with Crippen molar-refractivity contribution in [2.75, 3.05) is 26.7 Å². The van der Waals surface area contributed by atoms with Gasteiger partial charge in [-0.1, -0.05) is 30.3 Å². The first-order valence-corrected chi connectivity index (χ1v) is 13.3. The van der Waals surface area contributed by atoms with Gasteiger partial charge in [-0.25, -0.2) is 9.07 Å². The lowest BCUT2D eigenvalue weighted by Crippen LogP contribution is -2.54. The summed E-state index contributed by atoms with van der Waals surface area (Å²) in [6, 6.07) is 21.2. The lowest BCUT2D eigenvalue weighted by atomic mass is 9.80. The maximum absolute atomic E-state index is 13.7. The second-order valence-electron chi connectivity index (χ2n) is 10.6. The topological polar surface area (TPSA) is 50.6 Å². The number of methoxy groups -OCH3 is 1. The first-order valence-electron chi connectivity index (χ1n) is 13.3. The molecule has 1 amide bonds. The fourth-order valence-corrected chi connectivity index (χ4v) is 5.89. The van der Waals surface area contributed by atoms with Crippen LogP contribution >= 0.6 is 0 Å². The van der Waals surface area contributed by atoms with Crippen molar-refractivity contribution in [3.05, 3.63) is 95.4 Å². The van der Waals surface area contributed by atoms with Crippen molar-refractivity contribution >= 4 is 16.8 Å². The van der Waals surface area contributed by atoms with E-state index in [2.05, 4.69) is 58.2 Å². The van der Waals surface area contributed by atoms with E-state index in [1.54, 1.807) is 19.2 Å². The monoisotopic (exact) mass is 512 g/mol. The van der Waals surface area contributed by atoms with E-state index in [9.17, 15) is 9.18 Å². The Morgan fingerprint density at radius 1 is 1.05 bits per heavy atom. The van der Waals surface area contributed by atoms with Gasteiger partial charge in [-0.2, -0.15) is 5.10 Å². The molecule has 2 fully saturated rings. The van der Waals surface area contributed by atoms with E-state index in [1.807, 2.05) is 16.9 Å². The Labute approximate surface area is 222 Å². The van der Waals surface area contributed by atoms with Gasteiger partial charge in [-0.3, -0.25) is 9.69 Å². The van der Waals surface area contributed by atoms with Crippen molar-refractivity contribution in [2.45, 2.75) is 38.5 Å². The molecule has 3 aromatic carbocycles. The Hall–Kier alpha value is -3.55. The van der Waals surface area contributed by atoms with Crippen LogP contribution in [0.2, 0.25) is 0 Å². The number of carbonyl (C=O) groups is 1. The Balaban J connectivity index is 1.33. The molecule has 0 bridgehead atoms. The van der Waals surface area contributed by atoms with E-state index >= 15 is 0 Å². The largest absolute Gasteiger partial charge is 0.381 e.